The van der Waals surface area contributed by atoms with Crippen molar-refractivity contribution in [3.05, 3.63) is 47.8 Å². The van der Waals surface area contributed by atoms with Crippen molar-refractivity contribution in [3.8, 4) is 0 Å². The van der Waals surface area contributed by atoms with Gasteiger partial charge >= 0.3 is 6.03 Å². The normalized spacial score (nSPS) is 20.9. The molecule has 2 saturated heterocycles. The molecule has 8 heteroatoms. The van der Waals surface area contributed by atoms with Crippen molar-refractivity contribution in [1.82, 2.24) is 30.1 Å². The van der Waals surface area contributed by atoms with Gasteiger partial charge in [-0.2, -0.15) is 0 Å². The summed E-state index contributed by atoms with van der Waals surface area (Å²) in [6.45, 7) is 5.79. The maximum Gasteiger partial charge on any atom is 0.317 e. The van der Waals surface area contributed by atoms with E-state index in [1.807, 2.05) is 15.8 Å². The van der Waals surface area contributed by atoms with Crippen LogP contribution in [0.4, 0.5) is 4.79 Å². The molecule has 1 atom stereocenters. The number of rotatable bonds is 6. The van der Waals surface area contributed by atoms with Gasteiger partial charge in [0.2, 0.25) is 0 Å². The summed E-state index contributed by atoms with van der Waals surface area (Å²) in [5.41, 5.74) is 7.75. The first-order valence-electron chi connectivity index (χ1n) is 10.6. The van der Waals surface area contributed by atoms with Gasteiger partial charge in [-0.05, 0) is 43.8 Å². The number of nitrogens with zero attached hydrogens (tertiary/aromatic N) is 5. The number of carbonyl (C=O) groups excluding carboxylic acids is 1. The number of piperidine rings is 1. The summed E-state index contributed by atoms with van der Waals surface area (Å²) in [7, 11) is 0. The van der Waals surface area contributed by atoms with E-state index in [-0.39, 0.29) is 12.1 Å². The third-order valence-electron chi connectivity index (χ3n) is 6.09. The number of aromatic nitrogens is 3. The van der Waals surface area contributed by atoms with Crippen molar-refractivity contribution in [2.24, 2.45) is 11.7 Å². The molecule has 4 rings (SSSR count). The zero-order chi connectivity index (χ0) is 20.1. The predicted molar refractivity (Wildman–Crippen MR) is 111 cm³/mol. The highest BCUT2D eigenvalue weighted by Crippen LogP contribution is 2.22. The lowest BCUT2D eigenvalue weighted by atomic mass is 9.96. The van der Waals surface area contributed by atoms with Gasteiger partial charge in [-0.3, -0.25) is 4.90 Å². The molecule has 3 N–H and O–H groups in total. The Balaban J connectivity index is 1.17. The van der Waals surface area contributed by atoms with E-state index in [0.29, 0.717) is 19.0 Å². The van der Waals surface area contributed by atoms with E-state index in [2.05, 4.69) is 50.9 Å². The minimum atomic E-state index is 0.0402. The van der Waals surface area contributed by atoms with Gasteiger partial charge in [-0.25, -0.2) is 9.48 Å². The first-order valence-corrected chi connectivity index (χ1v) is 10.6. The zero-order valence-corrected chi connectivity index (χ0v) is 16.9. The Kier molecular flexibility index (Phi) is 6.41. The van der Waals surface area contributed by atoms with Crippen LogP contribution in [-0.2, 0) is 13.1 Å². The number of hydrogen-bond donors (Lipinski definition) is 2. The highest BCUT2D eigenvalue weighted by atomic mass is 16.2. The monoisotopic (exact) mass is 397 g/mol. The molecular weight excluding hydrogens is 366 g/mol. The highest BCUT2D eigenvalue weighted by Gasteiger charge is 2.29. The SMILES string of the molecule is NCc1cn(C2CCN(C(=O)NCC3CCN(Cc4ccccc4)CC3)C2)nn1. The van der Waals surface area contributed by atoms with Crippen molar-refractivity contribution in [1.29, 1.82) is 0 Å². The molecule has 0 aliphatic carbocycles. The smallest absolute Gasteiger partial charge is 0.317 e. The molecule has 2 aliphatic heterocycles. The van der Waals surface area contributed by atoms with Gasteiger partial charge in [-0.1, -0.05) is 35.5 Å². The van der Waals surface area contributed by atoms with Crippen LogP contribution in [0.3, 0.4) is 0 Å². The molecular formula is C21H31N7O. The van der Waals surface area contributed by atoms with Crippen molar-refractivity contribution in [3.63, 3.8) is 0 Å². The molecule has 156 valence electrons. The Labute approximate surface area is 172 Å². The van der Waals surface area contributed by atoms with Gasteiger partial charge < -0.3 is 16.0 Å². The summed E-state index contributed by atoms with van der Waals surface area (Å²) in [5, 5.41) is 11.3. The number of amides is 2. The lowest BCUT2D eigenvalue weighted by Gasteiger charge is -2.32. The molecule has 0 radical (unpaired) electrons. The molecule has 0 spiro atoms. The van der Waals surface area contributed by atoms with Crippen LogP contribution in [0, 0.1) is 5.92 Å². The molecule has 8 nitrogen and oxygen atoms in total. The highest BCUT2D eigenvalue weighted by molar-refractivity contribution is 5.74. The van der Waals surface area contributed by atoms with Crippen LogP contribution in [0.1, 0.15) is 36.6 Å². The van der Waals surface area contributed by atoms with E-state index in [9.17, 15) is 4.79 Å². The third kappa shape index (κ3) is 5.13. The Bertz CT molecular complexity index is 785. The van der Waals surface area contributed by atoms with E-state index in [4.69, 9.17) is 5.73 Å². The number of likely N-dealkylation sites (tertiary alicyclic amines) is 2. The van der Waals surface area contributed by atoms with Crippen LogP contribution in [-0.4, -0.2) is 63.5 Å². The fraction of sp³-hybridized carbons (Fsp3) is 0.571. The molecule has 1 aromatic carbocycles. The first-order chi connectivity index (χ1) is 14.2. The maximum absolute atomic E-state index is 12.6. The Morgan fingerprint density at radius 2 is 1.93 bits per heavy atom. The summed E-state index contributed by atoms with van der Waals surface area (Å²) < 4.78 is 1.85. The molecule has 2 aliphatic rings. The fourth-order valence-corrected chi connectivity index (χ4v) is 4.26. The minimum absolute atomic E-state index is 0.0402. The first kappa shape index (κ1) is 19.8. The lowest BCUT2D eigenvalue weighted by molar-refractivity contribution is 0.170. The number of hydrogen-bond acceptors (Lipinski definition) is 5. The molecule has 0 saturated carbocycles. The largest absolute Gasteiger partial charge is 0.338 e. The van der Waals surface area contributed by atoms with Gasteiger partial charge in [0.25, 0.3) is 0 Å². The number of urea groups is 1. The number of nitrogens with one attached hydrogen (secondary N) is 1. The van der Waals surface area contributed by atoms with Gasteiger partial charge in [-0.15, -0.1) is 5.10 Å². The Morgan fingerprint density at radius 3 is 2.66 bits per heavy atom. The second-order valence-corrected chi connectivity index (χ2v) is 8.17. The average Bonchev–Trinajstić information content (AvgIpc) is 3.43. The Morgan fingerprint density at radius 1 is 1.14 bits per heavy atom. The fourth-order valence-electron chi connectivity index (χ4n) is 4.26. The van der Waals surface area contributed by atoms with E-state index in [1.165, 1.54) is 5.56 Å². The van der Waals surface area contributed by atoms with Crippen LogP contribution in [0.2, 0.25) is 0 Å². The van der Waals surface area contributed by atoms with Gasteiger partial charge in [0.15, 0.2) is 0 Å². The summed E-state index contributed by atoms with van der Waals surface area (Å²) >= 11 is 0. The molecule has 2 aromatic rings. The van der Waals surface area contributed by atoms with Crippen molar-refractivity contribution < 1.29 is 4.79 Å². The minimum Gasteiger partial charge on any atom is -0.338 e. The molecule has 3 heterocycles. The number of benzene rings is 1. The van der Waals surface area contributed by atoms with Crippen LogP contribution in [0.25, 0.3) is 0 Å². The zero-order valence-electron chi connectivity index (χ0n) is 16.9. The second-order valence-electron chi connectivity index (χ2n) is 8.17. The third-order valence-corrected chi connectivity index (χ3v) is 6.09. The van der Waals surface area contributed by atoms with Gasteiger partial charge in [0, 0.05) is 32.7 Å². The lowest BCUT2D eigenvalue weighted by Crippen LogP contribution is -2.43. The summed E-state index contributed by atoms with van der Waals surface area (Å²) in [4.78, 5) is 17.0. The molecule has 0 bridgehead atoms. The van der Waals surface area contributed by atoms with Gasteiger partial charge in [0.1, 0.15) is 0 Å². The standard InChI is InChI=1S/C21H31N7O/c22-12-19-15-28(25-24-19)20-8-11-27(16-20)21(29)23-13-17-6-9-26(10-7-17)14-18-4-2-1-3-5-18/h1-5,15,17,20H,6-14,16,22H2,(H,23,29). The maximum atomic E-state index is 12.6. The van der Waals surface area contributed by atoms with Crippen LogP contribution >= 0.6 is 0 Å². The van der Waals surface area contributed by atoms with Gasteiger partial charge in [0.05, 0.1) is 17.9 Å². The molecule has 1 unspecified atom stereocenters. The van der Waals surface area contributed by atoms with Crippen LogP contribution in [0.5, 0.6) is 0 Å². The molecule has 2 fully saturated rings. The van der Waals surface area contributed by atoms with Crippen LogP contribution in [0.15, 0.2) is 36.5 Å². The van der Waals surface area contributed by atoms with E-state index < -0.39 is 0 Å². The topological polar surface area (TPSA) is 92.3 Å². The molecule has 2 amide bonds. The van der Waals surface area contributed by atoms with Crippen LogP contribution < -0.4 is 11.1 Å². The Hall–Kier alpha value is -2.45. The second kappa shape index (κ2) is 9.37. The van der Waals surface area contributed by atoms with E-state index in [1.54, 1.807) is 0 Å². The summed E-state index contributed by atoms with van der Waals surface area (Å²) in [6, 6.07) is 10.9. The molecule has 29 heavy (non-hydrogen) atoms. The quantitative estimate of drug-likeness (QED) is 0.773. The molecule has 1 aromatic heterocycles. The van der Waals surface area contributed by atoms with E-state index in [0.717, 1.165) is 57.7 Å². The predicted octanol–water partition coefficient (Wildman–Crippen LogP) is 1.61. The summed E-state index contributed by atoms with van der Waals surface area (Å²) in [6.07, 6.45) is 5.06. The number of nitrogens with two attached hydrogens (primary N) is 1. The summed E-state index contributed by atoms with van der Waals surface area (Å²) in [5.74, 6) is 0.562. The van der Waals surface area contributed by atoms with E-state index >= 15 is 0 Å². The van der Waals surface area contributed by atoms with Crippen molar-refractivity contribution >= 4 is 6.03 Å². The van der Waals surface area contributed by atoms with Crippen molar-refractivity contribution in [2.45, 2.75) is 38.4 Å². The average molecular weight is 398 g/mol. The number of carbonyl (C=O) groups is 1. The van der Waals surface area contributed by atoms with Crippen molar-refractivity contribution in [2.75, 3.05) is 32.7 Å².